The summed E-state index contributed by atoms with van der Waals surface area (Å²) in [5.74, 6) is -0.0950. The topological polar surface area (TPSA) is 22.1 Å². The van der Waals surface area contributed by atoms with E-state index < -0.39 is 0 Å². The zero-order valence-electron chi connectivity index (χ0n) is 9.28. The molecule has 0 spiro atoms. The minimum absolute atomic E-state index is 0.258. The van der Waals surface area contributed by atoms with Crippen molar-refractivity contribution in [1.29, 1.82) is 0 Å². The van der Waals surface area contributed by atoms with Crippen molar-refractivity contribution in [3.8, 4) is 5.75 Å². The molecule has 0 bridgehead atoms. The fourth-order valence-corrected chi connectivity index (χ4v) is 1.60. The Bertz CT molecular complexity index is 513. The molecule has 0 radical (unpaired) electrons. The molecule has 0 unspecified atom stereocenters. The van der Waals surface area contributed by atoms with Gasteiger partial charge >= 0.3 is 0 Å². The molecule has 1 heterocycles. The molecule has 88 valence electrons. The molecule has 17 heavy (non-hydrogen) atoms. The first-order valence-corrected chi connectivity index (χ1v) is 5.94. The van der Waals surface area contributed by atoms with Crippen LogP contribution in [-0.4, -0.2) is 4.98 Å². The first-order chi connectivity index (χ1) is 8.15. The number of ether oxygens (including phenoxy) is 1. The van der Waals surface area contributed by atoms with Gasteiger partial charge in [0.2, 0.25) is 0 Å². The van der Waals surface area contributed by atoms with E-state index in [1.54, 1.807) is 18.3 Å². The highest BCUT2D eigenvalue weighted by molar-refractivity contribution is 9.10. The van der Waals surface area contributed by atoms with E-state index in [2.05, 4.69) is 20.9 Å². The predicted octanol–water partition coefficient (Wildman–Crippen LogP) is 3.87. The van der Waals surface area contributed by atoms with Crippen LogP contribution in [0.5, 0.6) is 5.75 Å². The second-order valence-electron chi connectivity index (χ2n) is 3.69. The highest BCUT2D eigenvalue weighted by atomic mass is 79.9. The van der Waals surface area contributed by atoms with Crippen molar-refractivity contribution >= 4 is 15.9 Å². The Labute approximate surface area is 108 Å². The Morgan fingerprint density at radius 2 is 2.12 bits per heavy atom. The van der Waals surface area contributed by atoms with Crippen LogP contribution in [-0.2, 0) is 6.61 Å². The van der Waals surface area contributed by atoms with Crippen LogP contribution in [0.4, 0.5) is 4.39 Å². The third-order valence-corrected chi connectivity index (χ3v) is 2.72. The Kier molecular flexibility index (Phi) is 3.74. The van der Waals surface area contributed by atoms with Gasteiger partial charge in [-0.25, -0.2) is 4.39 Å². The zero-order valence-corrected chi connectivity index (χ0v) is 10.9. The predicted molar refractivity (Wildman–Crippen MR) is 67.4 cm³/mol. The third kappa shape index (κ3) is 3.27. The van der Waals surface area contributed by atoms with Crippen LogP contribution in [0.25, 0.3) is 0 Å². The molecule has 1 aromatic heterocycles. The third-order valence-electron chi connectivity index (χ3n) is 2.25. The summed E-state index contributed by atoms with van der Waals surface area (Å²) in [4.78, 5) is 4.15. The largest absolute Gasteiger partial charge is 0.484 e. The van der Waals surface area contributed by atoms with Crippen LogP contribution in [0, 0.1) is 12.7 Å². The van der Waals surface area contributed by atoms with Crippen molar-refractivity contribution < 1.29 is 9.13 Å². The summed E-state index contributed by atoms with van der Waals surface area (Å²) < 4.78 is 19.7. The molecule has 1 aromatic carbocycles. The number of benzene rings is 1. The monoisotopic (exact) mass is 295 g/mol. The second-order valence-corrected chi connectivity index (χ2v) is 4.61. The van der Waals surface area contributed by atoms with Crippen LogP contribution in [0.15, 0.2) is 41.0 Å². The SMILES string of the molecule is Cc1ccc(F)c(OCc2ccc(Br)cn2)c1. The fraction of sp³-hybridized carbons (Fsp3) is 0.154. The molecule has 0 aliphatic carbocycles. The van der Waals surface area contributed by atoms with Crippen LogP contribution < -0.4 is 4.74 Å². The Morgan fingerprint density at radius 1 is 1.29 bits per heavy atom. The van der Waals surface area contributed by atoms with Gasteiger partial charge in [-0.15, -0.1) is 0 Å². The van der Waals surface area contributed by atoms with Gasteiger partial charge in [-0.2, -0.15) is 0 Å². The van der Waals surface area contributed by atoms with E-state index in [0.717, 1.165) is 15.7 Å². The summed E-state index contributed by atoms with van der Waals surface area (Å²) in [5.41, 5.74) is 1.72. The van der Waals surface area contributed by atoms with Crippen molar-refractivity contribution in [2.75, 3.05) is 0 Å². The molecular weight excluding hydrogens is 285 g/mol. The van der Waals surface area contributed by atoms with Gasteiger partial charge in [0.25, 0.3) is 0 Å². The molecule has 0 saturated heterocycles. The van der Waals surface area contributed by atoms with Crippen LogP contribution >= 0.6 is 15.9 Å². The van der Waals surface area contributed by atoms with Gasteiger partial charge in [-0.3, -0.25) is 4.98 Å². The van der Waals surface area contributed by atoms with Gasteiger partial charge in [-0.1, -0.05) is 6.07 Å². The highest BCUT2D eigenvalue weighted by Crippen LogP contribution is 2.19. The molecule has 0 aliphatic heterocycles. The molecule has 2 aromatic rings. The Balaban J connectivity index is 2.07. The van der Waals surface area contributed by atoms with Gasteiger partial charge in [0.05, 0.1) is 5.69 Å². The van der Waals surface area contributed by atoms with Crippen molar-refractivity contribution in [2.24, 2.45) is 0 Å². The maximum absolute atomic E-state index is 13.4. The summed E-state index contributed by atoms with van der Waals surface area (Å²) in [7, 11) is 0. The summed E-state index contributed by atoms with van der Waals surface area (Å²) in [6.45, 7) is 2.15. The van der Waals surface area contributed by atoms with Gasteiger partial charge in [0, 0.05) is 10.7 Å². The van der Waals surface area contributed by atoms with Gasteiger partial charge in [0.1, 0.15) is 6.61 Å². The van der Waals surface area contributed by atoms with Crippen LogP contribution in [0.2, 0.25) is 0 Å². The summed E-state index contributed by atoms with van der Waals surface area (Å²) in [6.07, 6.45) is 1.69. The fourth-order valence-electron chi connectivity index (χ4n) is 1.36. The quantitative estimate of drug-likeness (QED) is 0.857. The zero-order chi connectivity index (χ0) is 12.3. The Hall–Kier alpha value is -1.42. The smallest absolute Gasteiger partial charge is 0.165 e. The lowest BCUT2D eigenvalue weighted by atomic mass is 10.2. The maximum atomic E-state index is 13.4. The minimum atomic E-state index is -0.354. The lowest BCUT2D eigenvalue weighted by Gasteiger charge is -2.07. The van der Waals surface area contributed by atoms with E-state index in [1.807, 2.05) is 19.1 Å². The first kappa shape index (κ1) is 12.0. The number of hydrogen-bond donors (Lipinski definition) is 0. The van der Waals surface area contributed by atoms with Gasteiger partial charge < -0.3 is 4.74 Å². The molecule has 0 amide bonds. The normalized spacial score (nSPS) is 10.3. The number of aromatic nitrogens is 1. The Morgan fingerprint density at radius 3 is 2.82 bits per heavy atom. The molecular formula is C13H11BrFNO. The average molecular weight is 296 g/mol. The molecule has 0 atom stereocenters. The summed E-state index contributed by atoms with van der Waals surface area (Å²) in [6, 6.07) is 8.49. The van der Waals surface area contributed by atoms with E-state index >= 15 is 0 Å². The molecule has 0 aliphatic rings. The van der Waals surface area contributed by atoms with Crippen LogP contribution in [0.1, 0.15) is 11.3 Å². The average Bonchev–Trinajstić information content (AvgIpc) is 2.32. The van der Waals surface area contributed by atoms with Crippen LogP contribution in [0.3, 0.4) is 0 Å². The molecule has 2 nitrogen and oxygen atoms in total. The number of rotatable bonds is 3. The van der Waals surface area contributed by atoms with E-state index in [-0.39, 0.29) is 18.2 Å². The van der Waals surface area contributed by atoms with Crippen molar-refractivity contribution in [1.82, 2.24) is 4.98 Å². The second kappa shape index (κ2) is 5.27. The summed E-state index contributed by atoms with van der Waals surface area (Å²) in [5, 5.41) is 0. The molecule has 2 rings (SSSR count). The van der Waals surface area contributed by atoms with Gasteiger partial charge in [-0.05, 0) is 52.7 Å². The van der Waals surface area contributed by atoms with Crippen molar-refractivity contribution in [2.45, 2.75) is 13.5 Å². The molecule has 4 heteroatoms. The van der Waals surface area contributed by atoms with E-state index in [1.165, 1.54) is 6.07 Å². The maximum Gasteiger partial charge on any atom is 0.165 e. The lowest BCUT2D eigenvalue weighted by Crippen LogP contribution is -1.99. The van der Waals surface area contributed by atoms with Gasteiger partial charge in [0.15, 0.2) is 11.6 Å². The van der Waals surface area contributed by atoms with E-state index in [0.29, 0.717) is 0 Å². The molecule has 0 saturated carbocycles. The minimum Gasteiger partial charge on any atom is -0.484 e. The van der Waals surface area contributed by atoms with Crippen molar-refractivity contribution in [3.05, 3.63) is 58.1 Å². The van der Waals surface area contributed by atoms with E-state index in [9.17, 15) is 4.39 Å². The number of nitrogens with zero attached hydrogens (tertiary/aromatic N) is 1. The number of pyridine rings is 1. The number of halogens is 2. The van der Waals surface area contributed by atoms with E-state index in [4.69, 9.17) is 4.74 Å². The lowest BCUT2D eigenvalue weighted by molar-refractivity contribution is 0.285. The highest BCUT2D eigenvalue weighted by Gasteiger charge is 2.04. The number of hydrogen-bond acceptors (Lipinski definition) is 2. The summed E-state index contributed by atoms with van der Waals surface area (Å²) >= 11 is 3.30. The standard InChI is InChI=1S/C13H11BrFNO/c1-9-2-5-12(15)13(6-9)17-8-11-4-3-10(14)7-16-11/h2-7H,8H2,1H3. The molecule has 0 N–H and O–H groups in total. The van der Waals surface area contributed by atoms with Crippen molar-refractivity contribution in [3.63, 3.8) is 0 Å². The first-order valence-electron chi connectivity index (χ1n) is 5.14. The number of aryl methyl sites for hydroxylation is 1. The molecule has 0 fully saturated rings.